The van der Waals surface area contributed by atoms with Gasteiger partial charge >= 0.3 is 0 Å². The van der Waals surface area contributed by atoms with Crippen LogP contribution in [0.1, 0.15) is 25.2 Å². The van der Waals surface area contributed by atoms with Gasteiger partial charge in [-0.2, -0.15) is 8.75 Å². The topological polar surface area (TPSA) is 29.0 Å². The fourth-order valence-electron chi connectivity index (χ4n) is 1.50. The number of hydrogen-bond acceptors (Lipinski definition) is 4. The van der Waals surface area contributed by atoms with Crippen LogP contribution in [0.2, 0.25) is 0 Å². The summed E-state index contributed by atoms with van der Waals surface area (Å²) in [5.41, 5.74) is 2.41. The van der Waals surface area contributed by atoms with E-state index in [2.05, 4.69) is 27.5 Å². The van der Waals surface area contributed by atoms with Crippen LogP contribution in [-0.4, -0.2) is 26.2 Å². The minimum Gasteiger partial charge on any atom is -0.295 e. The van der Waals surface area contributed by atoms with E-state index in [1.54, 1.807) is 0 Å². The molecule has 66 valence electrons. The molecule has 0 aliphatic carbocycles. The minimum atomic E-state index is 0.625. The van der Waals surface area contributed by atoms with E-state index in [1.807, 2.05) is 0 Å². The average Bonchev–Trinajstić information content (AvgIpc) is 2.49. The average molecular weight is 183 g/mol. The third kappa shape index (κ3) is 1.36. The van der Waals surface area contributed by atoms with Gasteiger partial charge in [-0.1, -0.05) is 0 Å². The summed E-state index contributed by atoms with van der Waals surface area (Å²) in [6.07, 6.45) is 1.07. The summed E-state index contributed by atoms with van der Waals surface area (Å²) < 4.78 is 8.53. The van der Waals surface area contributed by atoms with Gasteiger partial charge in [-0.05, 0) is 13.8 Å². The van der Waals surface area contributed by atoms with Gasteiger partial charge in [-0.15, -0.1) is 0 Å². The molecule has 1 aromatic heterocycles. The van der Waals surface area contributed by atoms with Crippen LogP contribution in [0.4, 0.5) is 0 Å². The molecule has 0 aromatic carbocycles. The molecule has 0 saturated carbocycles. The first-order valence-corrected chi connectivity index (χ1v) is 5.05. The second kappa shape index (κ2) is 3.11. The maximum atomic E-state index is 4.28. The van der Waals surface area contributed by atoms with E-state index in [4.69, 9.17) is 0 Å². The smallest absolute Gasteiger partial charge is 0.0915 e. The van der Waals surface area contributed by atoms with Gasteiger partial charge in [0.15, 0.2) is 0 Å². The second-order valence-electron chi connectivity index (χ2n) is 3.47. The molecule has 2 rings (SSSR count). The lowest BCUT2D eigenvalue weighted by Crippen LogP contribution is -2.35. The van der Waals surface area contributed by atoms with Crippen molar-refractivity contribution in [3.63, 3.8) is 0 Å². The van der Waals surface area contributed by atoms with Gasteiger partial charge in [0.05, 0.1) is 23.1 Å². The summed E-state index contributed by atoms with van der Waals surface area (Å²) in [5, 5.41) is 0. The SMILES string of the molecule is CC(C)N1CCc2nsnc2C1. The first kappa shape index (κ1) is 8.13. The molecule has 0 spiro atoms. The second-order valence-corrected chi connectivity index (χ2v) is 4.00. The molecule has 0 amide bonds. The van der Waals surface area contributed by atoms with Crippen molar-refractivity contribution in [2.45, 2.75) is 32.9 Å². The van der Waals surface area contributed by atoms with Crippen LogP contribution in [0, 0.1) is 0 Å². The zero-order valence-corrected chi connectivity index (χ0v) is 8.27. The molecule has 0 N–H and O–H groups in total. The van der Waals surface area contributed by atoms with Crippen molar-refractivity contribution in [2.75, 3.05) is 6.54 Å². The Labute approximate surface area is 76.7 Å². The normalized spacial score (nSPS) is 18.2. The fraction of sp³-hybridized carbons (Fsp3) is 0.750. The van der Waals surface area contributed by atoms with Crippen molar-refractivity contribution in [2.24, 2.45) is 0 Å². The molecule has 12 heavy (non-hydrogen) atoms. The monoisotopic (exact) mass is 183 g/mol. The summed E-state index contributed by atoms with van der Waals surface area (Å²) in [4.78, 5) is 2.43. The van der Waals surface area contributed by atoms with Gasteiger partial charge in [-0.25, -0.2) is 0 Å². The van der Waals surface area contributed by atoms with Crippen molar-refractivity contribution in [3.05, 3.63) is 11.4 Å². The summed E-state index contributed by atoms with van der Waals surface area (Å²) in [7, 11) is 0. The quantitative estimate of drug-likeness (QED) is 0.657. The van der Waals surface area contributed by atoms with Crippen LogP contribution < -0.4 is 0 Å². The Morgan fingerprint density at radius 2 is 2.08 bits per heavy atom. The highest BCUT2D eigenvalue weighted by Gasteiger charge is 2.20. The van der Waals surface area contributed by atoms with Crippen LogP contribution in [0.25, 0.3) is 0 Å². The molecule has 1 aliphatic rings. The first-order valence-electron chi connectivity index (χ1n) is 4.31. The Hall–Kier alpha value is -0.480. The minimum absolute atomic E-state index is 0.625. The molecule has 4 heteroatoms. The van der Waals surface area contributed by atoms with Gasteiger partial charge < -0.3 is 0 Å². The molecule has 0 saturated heterocycles. The summed E-state index contributed by atoms with van der Waals surface area (Å²) in [6.45, 7) is 6.58. The number of rotatable bonds is 1. The Morgan fingerprint density at radius 3 is 2.83 bits per heavy atom. The maximum absolute atomic E-state index is 4.28. The van der Waals surface area contributed by atoms with Gasteiger partial charge in [0.25, 0.3) is 0 Å². The maximum Gasteiger partial charge on any atom is 0.0915 e. The Morgan fingerprint density at radius 1 is 1.33 bits per heavy atom. The molecule has 0 fully saturated rings. The first-order chi connectivity index (χ1) is 5.77. The zero-order chi connectivity index (χ0) is 8.55. The summed E-state index contributed by atoms with van der Waals surface area (Å²) in [5.74, 6) is 0. The standard InChI is InChI=1S/C8H13N3S/c1-6(2)11-4-3-7-8(5-11)10-12-9-7/h6H,3-5H2,1-2H3. The van der Waals surface area contributed by atoms with Crippen molar-refractivity contribution in [1.29, 1.82) is 0 Å². The molecule has 1 aliphatic heterocycles. The predicted molar refractivity (Wildman–Crippen MR) is 49.2 cm³/mol. The molecular formula is C8H13N3S. The molecule has 3 nitrogen and oxygen atoms in total. The van der Waals surface area contributed by atoms with Gasteiger partial charge in [0.2, 0.25) is 0 Å². The van der Waals surface area contributed by atoms with Crippen LogP contribution in [0.5, 0.6) is 0 Å². The highest BCUT2D eigenvalue weighted by molar-refractivity contribution is 6.99. The Kier molecular flexibility index (Phi) is 2.11. The van der Waals surface area contributed by atoms with E-state index in [0.717, 1.165) is 19.5 Å². The van der Waals surface area contributed by atoms with Gasteiger partial charge in [-0.3, -0.25) is 4.90 Å². The number of aromatic nitrogens is 2. The van der Waals surface area contributed by atoms with Crippen LogP contribution in [0.3, 0.4) is 0 Å². The third-order valence-electron chi connectivity index (χ3n) is 2.35. The van der Waals surface area contributed by atoms with Crippen LogP contribution >= 0.6 is 11.7 Å². The number of hydrogen-bond donors (Lipinski definition) is 0. The van der Waals surface area contributed by atoms with Gasteiger partial charge in [0.1, 0.15) is 0 Å². The molecule has 0 radical (unpaired) electrons. The Bertz CT molecular complexity index is 269. The van der Waals surface area contributed by atoms with Crippen LogP contribution in [-0.2, 0) is 13.0 Å². The number of nitrogens with zero attached hydrogens (tertiary/aromatic N) is 3. The van der Waals surface area contributed by atoms with E-state index in [0.29, 0.717) is 6.04 Å². The van der Waals surface area contributed by atoms with E-state index in [9.17, 15) is 0 Å². The molecule has 0 atom stereocenters. The van der Waals surface area contributed by atoms with E-state index in [1.165, 1.54) is 23.1 Å². The van der Waals surface area contributed by atoms with Crippen molar-refractivity contribution >= 4 is 11.7 Å². The number of fused-ring (bicyclic) bond motifs is 1. The molecular weight excluding hydrogens is 170 g/mol. The fourth-order valence-corrected chi connectivity index (χ4v) is 2.09. The lowest BCUT2D eigenvalue weighted by molar-refractivity contribution is 0.200. The van der Waals surface area contributed by atoms with E-state index < -0.39 is 0 Å². The molecule has 0 bridgehead atoms. The van der Waals surface area contributed by atoms with Gasteiger partial charge in [0, 0.05) is 25.6 Å². The van der Waals surface area contributed by atoms with E-state index in [-0.39, 0.29) is 0 Å². The zero-order valence-electron chi connectivity index (χ0n) is 7.45. The van der Waals surface area contributed by atoms with Crippen molar-refractivity contribution in [1.82, 2.24) is 13.6 Å². The lowest BCUT2D eigenvalue weighted by Gasteiger charge is -2.28. The summed E-state index contributed by atoms with van der Waals surface area (Å²) in [6, 6.07) is 0.625. The highest BCUT2D eigenvalue weighted by atomic mass is 32.1. The van der Waals surface area contributed by atoms with Crippen molar-refractivity contribution < 1.29 is 0 Å². The predicted octanol–water partition coefficient (Wildman–Crippen LogP) is 1.30. The largest absolute Gasteiger partial charge is 0.295 e. The highest BCUT2D eigenvalue weighted by Crippen LogP contribution is 2.17. The summed E-state index contributed by atoms with van der Waals surface area (Å²) >= 11 is 1.34. The third-order valence-corrected chi connectivity index (χ3v) is 2.96. The lowest BCUT2D eigenvalue weighted by atomic mass is 10.1. The molecule has 2 heterocycles. The molecule has 1 aromatic rings. The van der Waals surface area contributed by atoms with E-state index >= 15 is 0 Å². The van der Waals surface area contributed by atoms with Crippen molar-refractivity contribution in [3.8, 4) is 0 Å². The molecule has 0 unspecified atom stereocenters. The Balaban J connectivity index is 2.15. The van der Waals surface area contributed by atoms with Crippen LogP contribution in [0.15, 0.2) is 0 Å².